The average Bonchev–Trinajstić information content (AvgIpc) is 3.42. The molecule has 0 atom stereocenters. The third kappa shape index (κ3) is 5.60. The first-order chi connectivity index (χ1) is 15.5. The Hall–Kier alpha value is -3.49. The molecule has 1 N–H and O–H groups in total. The minimum absolute atomic E-state index is 0.120. The van der Waals surface area contributed by atoms with Crippen LogP contribution in [0.1, 0.15) is 16.1 Å². The number of hydrogen-bond acceptors (Lipinski definition) is 5. The van der Waals surface area contributed by atoms with Gasteiger partial charge in [0, 0.05) is 11.2 Å². The van der Waals surface area contributed by atoms with Gasteiger partial charge in [-0.2, -0.15) is 10.2 Å². The summed E-state index contributed by atoms with van der Waals surface area (Å²) in [4.78, 5) is 12.5. The third-order valence-electron chi connectivity index (χ3n) is 4.36. The maximum atomic E-state index is 12.5. The van der Waals surface area contributed by atoms with E-state index in [0.29, 0.717) is 27.2 Å². The van der Waals surface area contributed by atoms with E-state index in [1.807, 2.05) is 19.1 Å². The van der Waals surface area contributed by atoms with Crippen molar-refractivity contribution in [3.63, 3.8) is 0 Å². The minimum Gasteiger partial charge on any atom is -0.471 e. The average molecular weight is 472 g/mol. The van der Waals surface area contributed by atoms with Crippen LogP contribution in [0.5, 0.6) is 11.5 Å². The van der Waals surface area contributed by atoms with E-state index in [1.165, 1.54) is 10.9 Å². The van der Waals surface area contributed by atoms with Crippen molar-refractivity contribution in [1.82, 2.24) is 19.6 Å². The van der Waals surface area contributed by atoms with Gasteiger partial charge in [0.15, 0.2) is 19.2 Å². The van der Waals surface area contributed by atoms with Gasteiger partial charge in [0.1, 0.15) is 11.5 Å². The number of aromatic nitrogens is 4. The number of ether oxygens (including phenoxy) is 2. The Morgan fingerprint density at radius 2 is 1.91 bits per heavy atom. The van der Waals surface area contributed by atoms with Gasteiger partial charge in [0.2, 0.25) is 0 Å². The topological polar surface area (TPSA) is 83.2 Å². The van der Waals surface area contributed by atoms with Gasteiger partial charge < -0.3 is 14.8 Å². The number of nitrogens with zero attached hydrogens (tertiary/aromatic N) is 4. The maximum Gasteiger partial charge on any atom is 0.276 e. The molecule has 0 radical (unpaired) electrons. The minimum atomic E-state index is -0.368. The summed E-state index contributed by atoms with van der Waals surface area (Å²) in [5.41, 5.74) is 1.79. The first-order valence-electron chi connectivity index (χ1n) is 9.61. The summed E-state index contributed by atoms with van der Waals surface area (Å²) in [5.74, 6) is 0.812. The van der Waals surface area contributed by atoms with Crippen LogP contribution in [-0.2, 0) is 13.5 Å². The van der Waals surface area contributed by atoms with Gasteiger partial charge in [-0.25, -0.2) is 9.36 Å². The van der Waals surface area contributed by atoms with Crippen LogP contribution in [-0.4, -0.2) is 25.5 Å². The fourth-order valence-corrected chi connectivity index (χ4v) is 3.16. The molecule has 0 aliphatic heterocycles. The molecule has 2 aromatic heterocycles. The molecule has 4 rings (SSSR count). The molecule has 2 heterocycles. The van der Waals surface area contributed by atoms with Gasteiger partial charge in [0.05, 0.1) is 23.1 Å². The number of aryl methyl sites for hydroxylation is 1. The van der Waals surface area contributed by atoms with Crippen LogP contribution in [0.2, 0.25) is 10.0 Å². The molecule has 164 valence electrons. The van der Waals surface area contributed by atoms with E-state index in [9.17, 15) is 4.79 Å². The summed E-state index contributed by atoms with van der Waals surface area (Å²) >= 11 is 12.1. The zero-order chi connectivity index (χ0) is 22.5. The molecular weight excluding hydrogens is 453 g/mol. The van der Waals surface area contributed by atoms with E-state index in [-0.39, 0.29) is 25.1 Å². The lowest BCUT2D eigenvalue weighted by atomic mass is 10.2. The number of hydrogen-bond donors (Lipinski definition) is 1. The Labute approximate surface area is 194 Å². The van der Waals surface area contributed by atoms with E-state index in [2.05, 4.69) is 15.5 Å². The number of amides is 1. The van der Waals surface area contributed by atoms with Crippen molar-refractivity contribution < 1.29 is 14.3 Å². The monoisotopic (exact) mass is 471 g/mol. The second kappa shape index (κ2) is 9.76. The van der Waals surface area contributed by atoms with Gasteiger partial charge in [-0.15, -0.1) is 0 Å². The molecule has 0 unspecified atom stereocenters. The van der Waals surface area contributed by atoms with Crippen LogP contribution >= 0.6 is 23.2 Å². The summed E-state index contributed by atoms with van der Waals surface area (Å²) in [6, 6.07) is 14.2. The summed E-state index contributed by atoms with van der Waals surface area (Å²) < 4.78 is 14.4. The second-order valence-electron chi connectivity index (χ2n) is 6.90. The lowest BCUT2D eigenvalue weighted by Gasteiger charge is -2.08. The number of halogens is 2. The van der Waals surface area contributed by atoms with Crippen molar-refractivity contribution in [3.05, 3.63) is 88.4 Å². The molecule has 32 heavy (non-hydrogen) atoms. The number of rotatable bonds is 8. The highest BCUT2D eigenvalue weighted by Crippen LogP contribution is 2.25. The molecule has 2 aromatic carbocycles. The van der Waals surface area contributed by atoms with Crippen molar-refractivity contribution in [2.45, 2.75) is 20.4 Å². The molecule has 8 nitrogen and oxygen atoms in total. The molecule has 0 saturated heterocycles. The summed E-state index contributed by atoms with van der Waals surface area (Å²) in [6.07, 6.45) is 4.84. The number of anilines is 1. The van der Waals surface area contributed by atoms with Gasteiger partial charge >= 0.3 is 0 Å². The molecular formula is C22H19Cl2N5O3. The summed E-state index contributed by atoms with van der Waals surface area (Å²) in [7, 11) is 0. The fraction of sp³-hybridized carbons (Fsp3) is 0.136. The van der Waals surface area contributed by atoms with Crippen LogP contribution in [0.15, 0.2) is 67.1 Å². The fourth-order valence-electron chi connectivity index (χ4n) is 2.80. The molecule has 0 saturated carbocycles. The second-order valence-corrected chi connectivity index (χ2v) is 7.74. The van der Waals surface area contributed by atoms with Gasteiger partial charge in [-0.05, 0) is 48.9 Å². The van der Waals surface area contributed by atoms with Gasteiger partial charge in [0.25, 0.3) is 5.91 Å². The highest BCUT2D eigenvalue weighted by atomic mass is 35.5. The van der Waals surface area contributed by atoms with Crippen molar-refractivity contribution in [3.8, 4) is 11.5 Å². The Kier molecular flexibility index (Phi) is 6.63. The largest absolute Gasteiger partial charge is 0.471 e. The molecule has 0 bridgehead atoms. The maximum absolute atomic E-state index is 12.5. The number of nitrogens with one attached hydrogen (secondary N) is 1. The standard InChI is InChI=1S/C22H19Cl2N5O3/c1-15-5-6-19(24)21(9-15)32-13-28-8-7-20(27-28)22(30)26-17-11-25-29(12-17)14-31-18-4-2-3-16(23)10-18/h2-12H,13-14H2,1H3,(H,26,30). The van der Waals surface area contributed by atoms with Gasteiger partial charge in [-0.3, -0.25) is 4.79 Å². The normalized spacial score (nSPS) is 10.7. The van der Waals surface area contributed by atoms with E-state index in [0.717, 1.165) is 5.56 Å². The molecule has 10 heteroatoms. The van der Waals surface area contributed by atoms with E-state index in [4.69, 9.17) is 32.7 Å². The quantitative estimate of drug-likeness (QED) is 0.390. The molecule has 0 fully saturated rings. The molecule has 0 spiro atoms. The first-order valence-corrected chi connectivity index (χ1v) is 10.4. The SMILES string of the molecule is Cc1ccc(Cl)c(OCn2ccc(C(=O)Nc3cnn(COc4cccc(Cl)c4)c3)n2)c1. The lowest BCUT2D eigenvalue weighted by molar-refractivity contribution is 0.102. The predicted molar refractivity (Wildman–Crippen MR) is 121 cm³/mol. The molecule has 0 aliphatic rings. The van der Waals surface area contributed by atoms with Gasteiger partial charge in [-0.1, -0.05) is 35.3 Å². The smallest absolute Gasteiger partial charge is 0.276 e. The van der Waals surface area contributed by atoms with Crippen LogP contribution in [0, 0.1) is 6.92 Å². The molecule has 4 aromatic rings. The van der Waals surface area contributed by atoms with Crippen molar-refractivity contribution in [1.29, 1.82) is 0 Å². The van der Waals surface area contributed by atoms with Crippen molar-refractivity contribution in [2.24, 2.45) is 0 Å². The van der Waals surface area contributed by atoms with E-state index >= 15 is 0 Å². The third-order valence-corrected chi connectivity index (χ3v) is 4.91. The van der Waals surface area contributed by atoms with E-state index < -0.39 is 0 Å². The summed E-state index contributed by atoms with van der Waals surface area (Å²) in [5, 5.41) is 12.3. The van der Waals surface area contributed by atoms with Crippen molar-refractivity contribution in [2.75, 3.05) is 5.32 Å². The zero-order valence-corrected chi connectivity index (χ0v) is 18.5. The van der Waals surface area contributed by atoms with Crippen LogP contribution in [0.3, 0.4) is 0 Å². The highest BCUT2D eigenvalue weighted by Gasteiger charge is 2.12. The Morgan fingerprint density at radius 3 is 2.75 bits per heavy atom. The lowest BCUT2D eigenvalue weighted by Crippen LogP contribution is -2.14. The predicted octanol–water partition coefficient (Wildman–Crippen LogP) is 5.02. The Morgan fingerprint density at radius 1 is 1.06 bits per heavy atom. The first kappa shape index (κ1) is 21.7. The zero-order valence-electron chi connectivity index (χ0n) is 17.0. The molecule has 1 amide bonds. The van der Waals surface area contributed by atoms with Crippen LogP contribution < -0.4 is 14.8 Å². The molecule has 0 aliphatic carbocycles. The Balaban J connectivity index is 1.31. The van der Waals surface area contributed by atoms with Crippen LogP contribution in [0.4, 0.5) is 5.69 Å². The van der Waals surface area contributed by atoms with Crippen molar-refractivity contribution >= 4 is 34.8 Å². The number of carbonyl (C=O) groups excluding carboxylic acids is 1. The number of benzene rings is 2. The van der Waals surface area contributed by atoms with Crippen LogP contribution in [0.25, 0.3) is 0 Å². The highest BCUT2D eigenvalue weighted by molar-refractivity contribution is 6.32. The number of carbonyl (C=O) groups is 1. The van der Waals surface area contributed by atoms with E-state index in [1.54, 1.807) is 53.5 Å². The summed E-state index contributed by atoms with van der Waals surface area (Å²) in [6.45, 7) is 2.24. The Bertz CT molecular complexity index is 1240.